The average molecular weight is 492 g/mol. The normalized spacial score (nSPS) is 16.9. The number of carbonyl (C=O) groups is 1. The summed E-state index contributed by atoms with van der Waals surface area (Å²) in [6.45, 7) is 3.53. The number of halogens is 1. The van der Waals surface area contributed by atoms with Crippen molar-refractivity contribution in [3.05, 3.63) is 50.5 Å². The van der Waals surface area contributed by atoms with Crippen molar-refractivity contribution in [1.82, 2.24) is 14.6 Å². The molecule has 1 saturated heterocycles. The molecule has 1 aliphatic heterocycles. The van der Waals surface area contributed by atoms with Crippen LogP contribution in [0.4, 0.5) is 5.69 Å². The number of carbonyl (C=O) groups excluding carboxylic acids is 1. The summed E-state index contributed by atoms with van der Waals surface area (Å²) in [6.07, 6.45) is 3.97. The van der Waals surface area contributed by atoms with E-state index in [0.29, 0.717) is 5.03 Å². The van der Waals surface area contributed by atoms with Gasteiger partial charge < -0.3 is 15.2 Å². The van der Waals surface area contributed by atoms with E-state index in [1.165, 1.54) is 11.8 Å². The lowest BCUT2D eigenvalue weighted by molar-refractivity contribution is -0.113. The highest BCUT2D eigenvalue weighted by molar-refractivity contribution is 9.10. The first-order chi connectivity index (χ1) is 14.5. The minimum Gasteiger partial charge on any atom is -0.325 e. The van der Waals surface area contributed by atoms with Crippen LogP contribution in [0.15, 0.2) is 38.6 Å². The van der Waals surface area contributed by atoms with E-state index in [2.05, 4.69) is 43.2 Å². The number of nitrogens with one attached hydrogen (secondary N) is 1. The van der Waals surface area contributed by atoms with Crippen molar-refractivity contribution >= 4 is 39.3 Å². The molecule has 0 unspecified atom stereocenters. The molecule has 9 heteroatoms. The zero-order valence-corrected chi connectivity index (χ0v) is 19.5. The molecule has 0 saturated carbocycles. The Bertz CT molecular complexity index is 971. The van der Waals surface area contributed by atoms with Gasteiger partial charge in [0.25, 0.3) is 0 Å². The lowest BCUT2D eigenvalue weighted by Crippen LogP contribution is -2.54. The molecule has 0 atom stereocenters. The Labute approximate surface area is 188 Å². The van der Waals surface area contributed by atoms with Crippen LogP contribution < -0.4 is 16.0 Å². The monoisotopic (exact) mass is 491 g/mol. The Morgan fingerprint density at radius 1 is 1.13 bits per heavy atom. The number of fused-ring (bicyclic) bond motifs is 1. The van der Waals surface area contributed by atoms with Crippen molar-refractivity contribution in [2.45, 2.75) is 30.7 Å². The van der Waals surface area contributed by atoms with Gasteiger partial charge in [-0.15, -0.1) is 0 Å². The van der Waals surface area contributed by atoms with Crippen LogP contribution >= 0.6 is 27.7 Å². The van der Waals surface area contributed by atoms with Gasteiger partial charge >= 0.3 is 5.69 Å². The molecule has 7 nitrogen and oxygen atoms in total. The second kappa shape index (κ2) is 9.53. The number of hydrogen-bond acceptors (Lipinski definition) is 6. The van der Waals surface area contributed by atoms with Gasteiger partial charge in [0.2, 0.25) is 5.91 Å². The van der Waals surface area contributed by atoms with Gasteiger partial charge in [-0.05, 0) is 57.0 Å². The summed E-state index contributed by atoms with van der Waals surface area (Å²) < 4.78 is 2.78. The Morgan fingerprint density at radius 2 is 1.83 bits per heavy atom. The van der Waals surface area contributed by atoms with E-state index in [1.807, 2.05) is 28.9 Å². The number of rotatable bonds is 5. The molecule has 30 heavy (non-hydrogen) atoms. The first kappa shape index (κ1) is 21.4. The maximum Gasteiger partial charge on any atom is 0.367 e. The number of hydrogen-bond donors (Lipinski definition) is 1. The number of anilines is 1. The van der Waals surface area contributed by atoms with Gasteiger partial charge in [0.05, 0.1) is 11.4 Å². The fourth-order valence-electron chi connectivity index (χ4n) is 3.94. The summed E-state index contributed by atoms with van der Waals surface area (Å²) in [5.41, 5.74) is 2.75. The number of aromatic nitrogens is 2. The molecule has 1 N–H and O–H groups in total. The van der Waals surface area contributed by atoms with E-state index < -0.39 is 0 Å². The van der Waals surface area contributed by atoms with Crippen molar-refractivity contribution < 1.29 is 4.79 Å². The van der Waals surface area contributed by atoms with Gasteiger partial charge in [0.1, 0.15) is 5.03 Å². The fourth-order valence-corrected chi connectivity index (χ4v) is 5.08. The molecule has 0 bridgehead atoms. The minimum absolute atomic E-state index is 0.100. The van der Waals surface area contributed by atoms with Crippen LogP contribution in [0.1, 0.15) is 24.1 Å². The molecule has 0 radical (unpaired) electrons. The van der Waals surface area contributed by atoms with Gasteiger partial charge in [-0.25, -0.2) is 9.47 Å². The molecule has 1 aromatic heterocycles. The van der Waals surface area contributed by atoms with Crippen molar-refractivity contribution in [1.29, 1.82) is 0 Å². The molecule has 1 aliphatic carbocycles. The SMILES string of the molecule is CN1CCN(n2c3c(c(SCC(=O)Nc4ccc(Br)cc4)nc2=O)CCCC3)CC1. The second-order valence-electron chi connectivity index (χ2n) is 7.74. The van der Waals surface area contributed by atoms with Crippen molar-refractivity contribution in [3.63, 3.8) is 0 Å². The summed E-state index contributed by atoms with van der Waals surface area (Å²) >= 11 is 4.75. The van der Waals surface area contributed by atoms with Crippen LogP contribution in [0.25, 0.3) is 0 Å². The fraction of sp³-hybridized carbons (Fsp3) is 0.476. The molecule has 2 aliphatic rings. The molecule has 2 aromatic rings. The van der Waals surface area contributed by atoms with Crippen LogP contribution in [0.2, 0.25) is 0 Å². The smallest absolute Gasteiger partial charge is 0.325 e. The van der Waals surface area contributed by atoms with Gasteiger partial charge in [-0.1, -0.05) is 27.7 Å². The maximum absolute atomic E-state index is 12.9. The first-order valence-electron chi connectivity index (χ1n) is 10.3. The Kier molecular flexibility index (Phi) is 6.80. The number of nitrogens with zero attached hydrogens (tertiary/aromatic N) is 4. The van der Waals surface area contributed by atoms with Crippen LogP contribution in [0, 0.1) is 0 Å². The van der Waals surface area contributed by atoms with E-state index in [1.54, 1.807) is 0 Å². The predicted octanol–water partition coefficient (Wildman–Crippen LogP) is 2.50. The Balaban J connectivity index is 1.51. The van der Waals surface area contributed by atoms with Crippen LogP contribution in [0.5, 0.6) is 0 Å². The van der Waals surface area contributed by atoms with E-state index in [0.717, 1.165) is 73.3 Å². The second-order valence-corrected chi connectivity index (χ2v) is 9.62. The summed E-state index contributed by atoms with van der Waals surface area (Å²) in [6, 6.07) is 7.48. The third kappa shape index (κ3) is 4.90. The molecule has 1 amide bonds. The van der Waals surface area contributed by atoms with E-state index in [-0.39, 0.29) is 17.3 Å². The maximum atomic E-state index is 12.9. The summed E-state index contributed by atoms with van der Waals surface area (Å²) in [4.78, 5) is 32.0. The molecule has 1 aromatic carbocycles. The predicted molar refractivity (Wildman–Crippen MR) is 124 cm³/mol. The molecular weight excluding hydrogens is 466 g/mol. The molecule has 0 spiro atoms. The zero-order chi connectivity index (χ0) is 21.1. The quantitative estimate of drug-likeness (QED) is 0.511. The highest BCUT2D eigenvalue weighted by Crippen LogP contribution is 2.29. The number of piperazine rings is 1. The number of likely N-dealkylation sites (N-methyl/N-ethyl adjacent to an activating group) is 1. The standard InChI is InChI=1S/C21H26BrN5O2S/c1-25-10-12-26(13-11-25)27-18-5-3-2-4-17(18)20(24-21(27)29)30-14-19(28)23-16-8-6-15(22)7-9-16/h6-9H,2-5,10-14H2,1H3,(H,23,28). The van der Waals surface area contributed by atoms with Crippen molar-refractivity contribution in [2.75, 3.05) is 49.3 Å². The summed E-state index contributed by atoms with van der Waals surface area (Å²) in [5, 5.41) is 5.74. The van der Waals surface area contributed by atoms with Crippen LogP contribution in [0.3, 0.4) is 0 Å². The van der Waals surface area contributed by atoms with E-state index in [9.17, 15) is 9.59 Å². The molecule has 1 fully saturated rings. The zero-order valence-electron chi connectivity index (χ0n) is 17.1. The third-order valence-electron chi connectivity index (χ3n) is 5.56. The topological polar surface area (TPSA) is 70.5 Å². The van der Waals surface area contributed by atoms with Crippen molar-refractivity contribution in [3.8, 4) is 0 Å². The van der Waals surface area contributed by atoms with E-state index >= 15 is 0 Å². The van der Waals surface area contributed by atoms with Gasteiger partial charge in [0.15, 0.2) is 0 Å². The highest BCUT2D eigenvalue weighted by Gasteiger charge is 2.25. The molecule has 4 rings (SSSR count). The van der Waals surface area contributed by atoms with E-state index in [4.69, 9.17) is 0 Å². The van der Waals surface area contributed by atoms with Gasteiger partial charge in [-0.3, -0.25) is 4.79 Å². The Hall–Kier alpha value is -1.84. The minimum atomic E-state index is -0.226. The summed E-state index contributed by atoms with van der Waals surface area (Å²) in [7, 11) is 2.10. The first-order valence-corrected chi connectivity index (χ1v) is 12.1. The summed E-state index contributed by atoms with van der Waals surface area (Å²) in [5.74, 6) is 0.130. The number of thioether (sulfide) groups is 1. The number of benzene rings is 1. The molecule has 160 valence electrons. The van der Waals surface area contributed by atoms with Gasteiger partial charge in [0, 0.05) is 41.9 Å². The Morgan fingerprint density at radius 3 is 2.57 bits per heavy atom. The molecule has 2 heterocycles. The number of amides is 1. The highest BCUT2D eigenvalue weighted by atomic mass is 79.9. The lowest BCUT2D eigenvalue weighted by atomic mass is 9.97. The lowest BCUT2D eigenvalue weighted by Gasteiger charge is -2.37. The largest absolute Gasteiger partial charge is 0.367 e. The van der Waals surface area contributed by atoms with Gasteiger partial charge in [-0.2, -0.15) is 4.98 Å². The average Bonchev–Trinajstić information content (AvgIpc) is 2.75. The van der Waals surface area contributed by atoms with Crippen LogP contribution in [-0.4, -0.2) is 59.4 Å². The third-order valence-corrected chi connectivity index (χ3v) is 7.11. The van der Waals surface area contributed by atoms with Crippen molar-refractivity contribution in [2.24, 2.45) is 0 Å². The van der Waals surface area contributed by atoms with Crippen LogP contribution in [-0.2, 0) is 17.6 Å². The molecular formula is C21H26BrN5O2S.